The van der Waals surface area contributed by atoms with Crippen molar-refractivity contribution in [2.24, 2.45) is 0 Å². The van der Waals surface area contributed by atoms with E-state index in [9.17, 15) is 4.79 Å². The number of halogens is 2. The van der Waals surface area contributed by atoms with Crippen molar-refractivity contribution in [1.29, 1.82) is 0 Å². The number of anilines is 1. The average molecular weight is 346 g/mol. The second-order valence-electron chi connectivity index (χ2n) is 4.95. The summed E-state index contributed by atoms with van der Waals surface area (Å²) in [5.41, 5.74) is 0.804. The Hall–Kier alpha value is -2.23. The fraction of sp³-hybridized carbons (Fsp3) is 0.0556. The summed E-state index contributed by atoms with van der Waals surface area (Å²) in [6.45, 7) is 0. The molecule has 0 radical (unpaired) electrons. The molecular formula is C18H13Cl2NO2. The van der Waals surface area contributed by atoms with Crippen molar-refractivity contribution >= 4 is 45.6 Å². The number of hydrogen-bond donors (Lipinski definition) is 1. The maximum atomic E-state index is 12.6. The van der Waals surface area contributed by atoms with Crippen LogP contribution in [0, 0.1) is 0 Å². The zero-order valence-corrected chi connectivity index (χ0v) is 13.8. The maximum Gasteiger partial charge on any atom is 0.259 e. The summed E-state index contributed by atoms with van der Waals surface area (Å²) in [4.78, 5) is 12.6. The molecule has 0 aliphatic carbocycles. The molecule has 3 nitrogen and oxygen atoms in total. The van der Waals surface area contributed by atoms with Gasteiger partial charge in [-0.05, 0) is 35.0 Å². The lowest BCUT2D eigenvalue weighted by atomic mass is 10.1. The van der Waals surface area contributed by atoms with Crippen molar-refractivity contribution in [1.82, 2.24) is 0 Å². The first-order chi connectivity index (χ1) is 11.1. The molecule has 3 aromatic carbocycles. The molecule has 3 aromatic rings. The van der Waals surface area contributed by atoms with E-state index in [2.05, 4.69) is 5.32 Å². The van der Waals surface area contributed by atoms with Gasteiger partial charge in [-0.2, -0.15) is 0 Å². The Balaban J connectivity index is 2.03. The molecule has 0 spiro atoms. The van der Waals surface area contributed by atoms with Crippen LogP contribution in [0.3, 0.4) is 0 Å². The van der Waals surface area contributed by atoms with Crippen molar-refractivity contribution in [2.75, 3.05) is 12.4 Å². The van der Waals surface area contributed by atoms with Crippen molar-refractivity contribution in [2.45, 2.75) is 0 Å². The minimum absolute atomic E-state index is 0.331. The van der Waals surface area contributed by atoms with Crippen LogP contribution in [0.15, 0.2) is 54.6 Å². The lowest BCUT2D eigenvalue weighted by Crippen LogP contribution is -2.14. The van der Waals surface area contributed by atoms with Crippen LogP contribution in [0.4, 0.5) is 5.69 Å². The Morgan fingerprint density at radius 2 is 1.57 bits per heavy atom. The van der Waals surface area contributed by atoms with E-state index in [0.29, 0.717) is 27.0 Å². The number of hydrogen-bond acceptors (Lipinski definition) is 2. The van der Waals surface area contributed by atoms with E-state index in [1.807, 2.05) is 30.3 Å². The second kappa shape index (κ2) is 6.49. The number of benzene rings is 3. The van der Waals surface area contributed by atoms with Gasteiger partial charge in [0, 0.05) is 0 Å². The van der Waals surface area contributed by atoms with E-state index in [1.165, 1.54) is 7.11 Å². The van der Waals surface area contributed by atoms with Gasteiger partial charge >= 0.3 is 0 Å². The largest absolute Gasteiger partial charge is 0.496 e. The summed E-state index contributed by atoms with van der Waals surface area (Å²) in [7, 11) is 1.53. The normalized spacial score (nSPS) is 10.6. The Labute approximate surface area is 143 Å². The first-order valence-corrected chi connectivity index (χ1v) is 7.68. The minimum Gasteiger partial charge on any atom is -0.496 e. The van der Waals surface area contributed by atoms with E-state index < -0.39 is 0 Å². The molecular weight excluding hydrogens is 333 g/mol. The van der Waals surface area contributed by atoms with Gasteiger partial charge < -0.3 is 10.1 Å². The molecule has 0 heterocycles. The van der Waals surface area contributed by atoms with Crippen LogP contribution in [0.5, 0.6) is 5.75 Å². The Bertz CT molecular complexity index is 873. The zero-order chi connectivity index (χ0) is 16.4. The molecule has 5 heteroatoms. The fourth-order valence-electron chi connectivity index (χ4n) is 2.36. The molecule has 0 unspecified atom stereocenters. The quantitative estimate of drug-likeness (QED) is 0.689. The molecule has 0 fully saturated rings. The third kappa shape index (κ3) is 3.11. The number of rotatable bonds is 3. The molecule has 0 saturated heterocycles. The summed E-state index contributed by atoms with van der Waals surface area (Å²) in [5.74, 6) is 0.159. The van der Waals surface area contributed by atoms with Crippen LogP contribution in [-0.4, -0.2) is 13.0 Å². The van der Waals surface area contributed by atoms with Crippen molar-refractivity contribution in [3.8, 4) is 5.75 Å². The van der Waals surface area contributed by atoms with E-state index in [4.69, 9.17) is 27.9 Å². The van der Waals surface area contributed by atoms with Crippen LogP contribution < -0.4 is 10.1 Å². The van der Waals surface area contributed by atoms with Gasteiger partial charge in [-0.3, -0.25) is 4.79 Å². The highest BCUT2D eigenvalue weighted by Crippen LogP contribution is 2.32. The molecule has 0 aliphatic heterocycles. The number of carbonyl (C=O) groups is 1. The smallest absolute Gasteiger partial charge is 0.259 e. The molecule has 23 heavy (non-hydrogen) atoms. The van der Waals surface area contributed by atoms with Gasteiger partial charge in [-0.25, -0.2) is 0 Å². The van der Waals surface area contributed by atoms with E-state index >= 15 is 0 Å². The lowest BCUT2D eigenvalue weighted by molar-refractivity contribution is 0.102. The lowest BCUT2D eigenvalue weighted by Gasteiger charge is -2.12. The number of amides is 1. The SMILES string of the molecule is COc1cc2ccccc2cc1C(=O)Nc1c(Cl)cccc1Cl. The second-order valence-corrected chi connectivity index (χ2v) is 5.76. The third-order valence-electron chi connectivity index (χ3n) is 3.51. The molecule has 0 atom stereocenters. The molecule has 0 aliphatic rings. The first kappa shape index (κ1) is 15.7. The number of fused-ring (bicyclic) bond motifs is 1. The monoisotopic (exact) mass is 345 g/mol. The third-order valence-corrected chi connectivity index (χ3v) is 4.14. The molecule has 1 amide bonds. The average Bonchev–Trinajstić information content (AvgIpc) is 2.56. The maximum absolute atomic E-state index is 12.6. The van der Waals surface area contributed by atoms with Crippen LogP contribution in [0.2, 0.25) is 10.0 Å². The Kier molecular flexibility index (Phi) is 4.42. The highest BCUT2D eigenvalue weighted by molar-refractivity contribution is 6.40. The van der Waals surface area contributed by atoms with Crippen LogP contribution >= 0.6 is 23.2 Å². The van der Waals surface area contributed by atoms with E-state index in [-0.39, 0.29) is 5.91 Å². The molecule has 0 saturated carbocycles. The Morgan fingerprint density at radius 3 is 2.17 bits per heavy atom. The first-order valence-electron chi connectivity index (χ1n) is 6.92. The number of carbonyl (C=O) groups excluding carboxylic acids is 1. The van der Waals surface area contributed by atoms with Gasteiger partial charge in [-0.1, -0.05) is 53.5 Å². The number of methoxy groups -OCH3 is 1. The number of para-hydroxylation sites is 1. The molecule has 0 aromatic heterocycles. The number of nitrogens with one attached hydrogen (secondary N) is 1. The summed E-state index contributed by atoms with van der Waals surface area (Å²) in [6.07, 6.45) is 0. The van der Waals surface area contributed by atoms with Crippen molar-refractivity contribution < 1.29 is 9.53 Å². The van der Waals surface area contributed by atoms with Gasteiger partial charge in [0.05, 0.1) is 28.4 Å². The zero-order valence-electron chi connectivity index (χ0n) is 12.3. The predicted octanol–water partition coefficient (Wildman–Crippen LogP) is 5.41. The van der Waals surface area contributed by atoms with Crippen LogP contribution in [0.25, 0.3) is 10.8 Å². The van der Waals surface area contributed by atoms with E-state index in [0.717, 1.165) is 10.8 Å². The standard InChI is InChI=1S/C18H13Cl2NO2/c1-23-16-10-12-6-3-2-5-11(12)9-13(16)18(22)21-17-14(19)7-4-8-15(17)20/h2-10H,1H3,(H,21,22). The fourth-order valence-corrected chi connectivity index (χ4v) is 2.86. The van der Waals surface area contributed by atoms with Crippen LogP contribution in [0.1, 0.15) is 10.4 Å². The topological polar surface area (TPSA) is 38.3 Å². The Morgan fingerprint density at radius 1 is 0.957 bits per heavy atom. The van der Waals surface area contributed by atoms with Gasteiger partial charge in [0.15, 0.2) is 0 Å². The van der Waals surface area contributed by atoms with Crippen molar-refractivity contribution in [3.05, 3.63) is 70.2 Å². The van der Waals surface area contributed by atoms with Gasteiger partial charge in [-0.15, -0.1) is 0 Å². The predicted molar refractivity (Wildman–Crippen MR) is 94.9 cm³/mol. The summed E-state index contributed by atoms with van der Waals surface area (Å²) in [6, 6.07) is 16.4. The van der Waals surface area contributed by atoms with Gasteiger partial charge in [0.1, 0.15) is 5.75 Å². The molecule has 0 bridgehead atoms. The van der Waals surface area contributed by atoms with Gasteiger partial charge in [0.2, 0.25) is 0 Å². The number of ether oxygens (including phenoxy) is 1. The van der Waals surface area contributed by atoms with Crippen LogP contribution in [-0.2, 0) is 0 Å². The highest BCUT2D eigenvalue weighted by Gasteiger charge is 2.16. The highest BCUT2D eigenvalue weighted by atomic mass is 35.5. The molecule has 3 rings (SSSR count). The minimum atomic E-state index is -0.331. The molecule has 1 N–H and O–H groups in total. The summed E-state index contributed by atoms with van der Waals surface area (Å²) in [5, 5.41) is 5.46. The van der Waals surface area contributed by atoms with Gasteiger partial charge in [0.25, 0.3) is 5.91 Å². The summed E-state index contributed by atoms with van der Waals surface area (Å²) < 4.78 is 5.35. The molecule has 116 valence electrons. The van der Waals surface area contributed by atoms with Crippen molar-refractivity contribution in [3.63, 3.8) is 0 Å². The summed E-state index contributed by atoms with van der Waals surface area (Å²) >= 11 is 12.2. The van der Waals surface area contributed by atoms with E-state index in [1.54, 1.807) is 24.3 Å².